The maximum atomic E-state index is 12.2. The SMILES string of the molecule is CCCCCC1CCC(C=O)N1C(=O)OC(C)(C)C. The fourth-order valence-corrected chi connectivity index (χ4v) is 2.56. The fourth-order valence-electron chi connectivity index (χ4n) is 2.56. The molecule has 1 saturated heterocycles. The Balaban J connectivity index is 2.66. The molecule has 2 atom stereocenters. The molecule has 2 unspecified atom stereocenters. The van der Waals surface area contributed by atoms with Gasteiger partial charge in [0.1, 0.15) is 11.9 Å². The van der Waals surface area contributed by atoms with Crippen LogP contribution in [0.15, 0.2) is 0 Å². The molecule has 0 bridgehead atoms. The number of likely N-dealkylation sites (tertiary alicyclic amines) is 1. The maximum Gasteiger partial charge on any atom is 0.411 e. The predicted molar refractivity (Wildman–Crippen MR) is 75.1 cm³/mol. The summed E-state index contributed by atoms with van der Waals surface area (Å²) in [5, 5.41) is 0. The van der Waals surface area contributed by atoms with E-state index in [9.17, 15) is 9.59 Å². The van der Waals surface area contributed by atoms with Gasteiger partial charge in [0.2, 0.25) is 0 Å². The molecule has 0 saturated carbocycles. The number of hydrogen-bond donors (Lipinski definition) is 0. The van der Waals surface area contributed by atoms with Crippen molar-refractivity contribution in [3.05, 3.63) is 0 Å². The van der Waals surface area contributed by atoms with Crippen molar-refractivity contribution >= 4 is 12.4 Å². The van der Waals surface area contributed by atoms with Crippen molar-refractivity contribution in [2.24, 2.45) is 0 Å². The second-order valence-corrected chi connectivity index (χ2v) is 6.32. The van der Waals surface area contributed by atoms with Gasteiger partial charge in [-0.15, -0.1) is 0 Å². The molecule has 4 nitrogen and oxygen atoms in total. The van der Waals surface area contributed by atoms with E-state index in [2.05, 4.69) is 6.92 Å². The van der Waals surface area contributed by atoms with Gasteiger partial charge < -0.3 is 9.53 Å². The van der Waals surface area contributed by atoms with Crippen LogP contribution in [0.3, 0.4) is 0 Å². The number of aldehydes is 1. The van der Waals surface area contributed by atoms with E-state index in [0.717, 1.165) is 38.4 Å². The highest BCUT2D eigenvalue weighted by Crippen LogP contribution is 2.28. The summed E-state index contributed by atoms with van der Waals surface area (Å²) in [6.45, 7) is 7.71. The third-order valence-corrected chi connectivity index (χ3v) is 3.45. The number of nitrogens with zero attached hydrogens (tertiary/aromatic N) is 1. The van der Waals surface area contributed by atoms with E-state index in [4.69, 9.17) is 4.74 Å². The number of rotatable bonds is 5. The number of amides is 1. The van der Waals surface area contributed by atoms with Crippen LogP contribution in [-0.2, 0) is 9.53 Å². The van der Waals surface area contributed by atoms with Crippen LogP contribution in [0.4, 0.5) is 4.79 Å². The van der Waals surface area contributed by atoms with E-state index in [1.165, 1.54) is 6.42 Å². The van der Waals surface area contributed by atoms with Crippen LogP contribution in [0.25, 0.3) is 0 Å². The first kappa shape index (κ1) is 16.0. The monoisotopic (exact) mass is 269 g/mol. The number of carbonyl (C=O) groups excluding carboxylic acids is 2. The minimum absolute atomic E-state index is 0.164. The molecule has 0 N–H and O–H groups in total. The molecule has 0 aliphatic carbocycles. The van der Waals surface area contributed by atoms with Crippen LogP contribution < -0.4 is 0 Å². The standard InChI is InChI=1S/C15H27NO3/c1-5-6-7-8-12-9-10-13(11-17)16(12)14(18)19-15(2,3)4/h11-13H,5-10H2,1-4H3. The molecule has 1 fully saturated rings. The molecule has 110 valence electrons. The molecule has 0 spiro atoms. The van der Waals surface area contributed by atoms with Crippen LogP contribution in [0, 0.1) is 0 Å². The number of ether oxygens (including phenoxy) is 1. The van der Waals surface area contributed by atoms with Gasteiger partial charge >= 0.3 is 6.09 Å². The third kappa shape index (κ3) is 4.84. The van der Waals surface area contributed by atoms with E-state index < -0.39 is 5.60 Å². The molecular weight excluding hydrogens is 242 g/mol. The molecule has 19 heavy (non-hydrogen) atoms. The summed E-state index contributed by atoms with van der Waals surface area (Å²) >= 11 is 0. The van der Waals surface area contributed by atoms with Gasteiger partial charge in [0.15, 0.2) is 0 Å². The Morgan fingerprint density at radius 2 is 2.00 bits per heavy atom. The highest BCUT2D eigenvalue weighted by Gasteiger charge is 2.38. The van der Waals surface area contributed by atoms with Crippen LogP contribution in [-0.4, -0.2) is 35.0 Å². The van der Waals surface area contributed by atoms with Crippen molar-refractivity contribution in [3.63, 3.8) is 0 Å². The molecule has 4 heteroatoms. The highest BCUT2D eigenvalue weighted by molar-refractivity contribution is 5.75. The van der Waals surface area contributed by atoms with Crippen LogP contribution in [0.2, 0.25) is 0 Å². The van der Waals surface area contributed by atoms with Gasteiger partial charge in [-0.3, -0.25) is 4.90 Å². The summed E-state index contributed by atoms with van der Waals surface area (Å²) in [6.07, 6.45) is 6.61. The largest absolute Gasteiger partial charge is 0.444 e. The molecule has 1 aliphatic heterocycles. The topological polar surface area (TPSA) is 46.6 Å². The van der Waals surface area contributed by atoms with Crippen LogP contribution in [0.5, 0.6) is 0 Å². The van der Waals surface area contributed by atoms with E-state index in [0.29, 0.717) is 0 Å². The first-order valence-corrected chi connectivity index (χ1v) is 7.35. The molecule has 0 aromatic rings. The molecule has 0 aromatic carbocycles. The van der Waals surface area contributed by atoms with E-state index in [1.807, 2.05) is 20.8 Å². The van der Waals surface area contributed by atoms with Crippen molar-refractivity contribution in [2.75, 3.05) is 0 Å². The van der Waals surface area contributed by atoms with Crippen LogP contribution in [0.1, 0.15) is 66.2 Å². The molecule has 1 aliphatic rings. The minimum Gasteiger partial charge on any atom is -0.444 e. The van der Waals surface area contributed by atoms with Crippen molar-refractivity contribution in [2.45, 2.75) is 83.9 Å². The second kappa shape index (κ2) is 6.92. The van der Waals surface area contributed by atoms with E-state index in [-0.39, 0.29) is 18.2 Å². The lowest BCUT2D eigenvalue weighted by atomic mass is 10.1. The molecular formula is C15H27NO3. The smallest absolute Gasteiger partial charge is 0.411 e. The van der Waals surface area contributed by atoms with Gasteiger partial charge in [0.05, 0.1) is 6.04 Å². The summed E-state index contributed by atoms with van der Waals surface area (Å²) in [7, 11) is 0. The molecule has 0 aromatic heterocycles. The predicted octanol–water partition coefficient (Wildman–Crippen LogP) is 3.53. The van der Waals surface area contributed by atoms with Crippen LogP contribution >= 0.6 is 0 Å². The quantitative estimate of drug-likeness (QED) is 0.566. The lowest BCUT2D eigenvalue weighted by Crippen LogP contribution is -2.44. The van der Waals surface area contributed by atoms with Gasteiger partial charge in [0.25, 0.3) is 0 Å². The Hall–Kier alpha value is -1.06. The fraction of sp³-hybridized carbons (Fsp3) is 0.867. The summed E-state index contributed by atoms with van der Waals surface area (Å²) in [5.41, 5.74) is -0.513. The maximum absolute atomic E-state index is 12.2. The Kier molecular flexibility index (Phi) is 5.83. The number of hydrogen-bond acceptors (Lipinski definition) is 3. The summed E-state index contributed by atoms with van der Waals surface area (Å²) in [5.74, 6) is 0. The summed E-state index contributed by atoms with van der Waals surface area (Å²) in [4.78, 5) is 25.0. The van der Waals surface area contributed by atoms with Gasteiger partial charge in [-0.05, 0) is 40.0 Å². The molecule has 1 rings (SSSR count). The molecule has 1 amide bonds. The summed E-state index contributed by atoms with van der Waals surface area (Å²) < 4.78 is 5.42. The Morgan fingerprint density at radius 3 is 2.53 bits per heavy atom. The Labute approximate surface area is 116 Å². The first-order valence-electron chi connectivity index (χ1n) is 7.35. The zero-order valence-corrected chi connectivity index (χ0v) is 12.6. The van der Waals surface area contributed by atoms with E-state index in [1.54, 1.807) is 4.90 Å². The van der Waals surface area contributed by atoms with Crippen molar-refractivity contribution in [1.29, 1.82) is 0 Å². The van der Waals surface area contributed by atoms with Crippen molar-refractivity contribution in [3.8, 4) is 0 Å². The molecule has 0 radical (unpaired) electrons. The summed E-state index contributed by atoms with van der Waals surface area (Å²) in [6, 6.07) is -0.141. The van der Waals surface area contributed by atoms with Crippen molar-refractivity contribution in [1.82, 2.24) is 4.90 Å². The van der Waals surface area contributed by atoms with Gasteiger partial charge in [0, 0.05) is 6.04 Å². The third-order valence-electron chi connectivity index (χ3n) is 3.45. The highest BCUT2D eigenvalue weighted by atomic mass is 16.6. The van der Waals surface area contributed by atoms with Crippen molar-refractivity contribution < 1.29 is 14.3 Å². The lowest BCUT2D eigenvalue weighted by Gasteiger charge is -2.30. The van der Waals surface area contributed by atoms with Gasteiger partial charge in [-0.25, -0.2) is 4.79 Å². The van der Waals surface area contributed by atoms with Gasteiger partial charge in [-0.2, -0.15) is 0 Å². The minimum atomic E-state index is -0.513. The lowest BCUT2D eigenvalue weighted by molar-refractivity contribution is -0.112. The average molecular weight is 269 g/mol. The Morgan fingerprint density at radius 1 is 1.32 bits per heavy atom. The number of carbonyl (C=O) groups is 2. The normalized spacial score (nSPS) is 23.5. The molecule has 1 heterocycles. The zero-order valence-electron chi connectivity index (χ0n) is 12.6. The average Bonchev–Trinajstić information content (AvgIpc) is 2.70. The number of unbranched alkanes of at least 4 members (excludes halogenated alkanes) is 2. The van der Waals surface area contributed by atoms with E-state index >= 15 is 0 Å². The van der Waals surface area contributed by atoms with Gasteiger partial charge in [-0.1, -0.05) is 26.2 Å². The Bertz CT molecular complexity index is 309. The first-order chi connectivity index (χ1) is 8.89. The second-order valence-electron chi connectivity index (χ2n) is 6.32. The zero-order chi connectivity index (χ0) is 14.5.